The number of rotatable bonds is 6. The van der Waals surface area contributed by atoms with Crippen LogP contribution in [0.5, 0.6) is 0 Å². The Morgan fingerprint density at radius 2 is 2.17 bits per heavy atom. The number of morpholine rings is 1. The highest BCUT2D eigenvalue weighted by Gasteiger charge is 2.21. The van der Waals surface area contributed by atoms with Crippen LogP contribution in [0.1, 0.15) is 19.0 Å². The molecule has 1 saturated heterocycles. The van der Waals surface area contributed by atoms with E-state index in [1.807, 2.05) is 29.1 Å². The molecule has 0 saturated carbocycles. The van der Waals surface area contributed by atoms with Crippen LogP contribution in [0.2, 0.25) is 0 Å². The van der Waals surface area contributed by atoms with Gasteiger partial charge in [-0.1, -0.05) is 18.2 Å². The SMILES string of the molecule is CC(=O)NCCC1CN(Cc2ccnn2-c2ccccc2)CCO1. The van der Waals surface area contributed by atoms with E-state index >= 15 is 0 Å². The number of aromatic nitrogens is 2. The average molecular weight is 328 g/mol. The summed E-state index contributed by atoms with van der Waals surface area (Å²) in [6.45, 7) is 5.56. The molecule has 0 spiro atoms. The first-order chi connectivity index (χ1) is 11.7. The molecule has 128 valence electrons. The van der Waals surface area contributed by atoms with Gasteiger partial charge in [0.15, 0.2) is 0 Å². The second kappa shape index (κ2) is 8.08. The summed E-state index contributed by atoms with van der Waals surface area (Å²) in [4.78, 5) is 13.3. The molecule has 1 aromatic carbocycles. The van der Waals surface area contributed by atoms with E-state index in [1.54, 1.807) is 6.92 Å². The first-order valence-corrected chi connectivity index (χ1v) is 8.39. The van der Waals surface area contributed by atoms with E-state index in [9.17, 15) is 4.79 Å². The summed E-state index contributed by atoms with van der Waals surface area (Å²) < 4.78 is 7.80. The fraction of sp³-hybridized carbons (Fsp3) is 0.444. The number of amides is 1. The number of nitrogens with one attached hydrogen (secondary N) is 1. The molecule has 0 aliphatic carbocycles. The van der Waals surface area contributed by atoms with E-state index in [0.29, 0.717) is 6.54 Å². The van der Waals surface area contributed by atoms with Gasteiger partial charge in [0.05, 0.1) is 24.1 Å². The van der Waals surface area contributed by atoms with Crippen LogP contribution in [0.25, 0.3) is 5.69 Å². The minimum absolute atomic E-state index is 0.00873. The lowest BCUT2D eigenvalue weighted by Crippen LogP contribution is -2.43. The van der Waals surface area contributed by atoms with Crippen LogP contribution >= 0.6 is 0 Å². The molecule has 1 amide bonds. The van der Waals surface area contributed by atoms with Gasteiger partial charge in [0.2, 0.25) is 5.91 Å². The van der Waals surface area contributed by atoms with Gasteiger partial charge in [-0.15, -0.1) is 0 Å². The van der Waals surface area contributed by atoms with Crippen molar-refractivity contribution in [2.75, 3.05) is 26.2 Å². The molecule has 6 heteroatoms. The maximum absolute atomic E-state index is 11.0. The number of para-hydroxylation sites is 1. The van der Waals surface area contributed by atoms with Gasteiger partial charge < -0.3 is 10.1 Å². The minimum Gasteiger partial charge on any atom is -0.375 e. The van der Waals surface area contributed by atoms with Crippen molar-refractivity contribution in [3.05, 3.63) is 48.3 Å². The standard InChI is InChI=1S/C18H24N4O2/c1-15(23)19-9-8-18-14-21(11-12-24-18)13-17-7-10-20-22(17)16-5-3-2-4-6-16/h2-7,10,18H,8-9,11-14H2,1H3,(H,19,23). The van der Waals surface area contributed by atoms with Crippen molar-refractivity contribution in [3.8, 4) is 5.69 Å². The van der Waals surface area contributed by atoms with Crippen LogP contribution in [-0.4, -0.2) is 52.9 Å². The Bertz CT molecular complexity index is 656. The Balaban J connectivity index is 1.58. The first-order valence-electron chi connectivity index (χ1n) is 8.39. The van der Waals surface area contributed by atoms with E-state index in [-0.39, 0.29) is 12.0 Å². The zero-order chi connectivity index (χ0) is 16.8. The number of hydrogen-bond acceptors (Lipinski definition) is 4. The highest BCUT2D eigenvalue weighted by atomic mass is 16.5. The zero-order valence-electron chi connectivity index (χ0n) is 14.0. The maximum atomic E-state index is 11.0. The Hall–Kier alpha value is -2.18. The largest absolute Gasteiger partial charge is 0.375 e. The Kier molecular flexibility index (Phi) is 5.61. The molecular formula is C18H24N4O2. The van der Waals surface area contributed by atoms with Gasteiger partial charge in [-0.25, -0.2) is 4.68 Å². The summed E-state index contributed by atoms with van der Waals surface area (Å²) in [5.74, 6) is 0.00873. The second-order valence-electron chi connectivity index (χ2n) is 6.07. The van der Waals surface area contributed by atoms with E-state index in [2.05, 4.69) is 33.5 Å². The van der Waals surface area contributed by atoms with Gasteiger partial charge in [-0.2, -0.15) is 5.10 Å². The molecule has 1 aliphatic rings. The highest BCUT2D eigenvalue weighted by molar-refractivity contribution is 5.72. The molecule has 2 aromatic rings. The van der Waals surface area contributed by atoms with Gasteiger partial charge in [-0.05, 0) is 24.6 Å². The lowest BCUT2D eigenvalue weighted by atomic mass is 10.2. The van der Waals surface area contributed by atoms with Crippen molar-refractivity contribution in [2.45, 2.75) is 26.0 Å². The Morgan fingerprint density at radius 3 is 2.96 bits per heavy atom. The summed E-state index contributed by atoms with van der Waals surface area (Å²) in [6, 6.07) is 12.2. The molecule has 0 bridgehead atoms. The Morgan fingerprint density at radius 1 is 1.33 bits per heavy atom. The van der Waals surface area contributed by atoms with Crippen molar-refractivity contribution in [1.82, 2.24) is 20.0 Å². The smallest absolute Gasteiger partial charge is 0.216 e. The summed E-state index contributed by atoms with van der Waals surface area (Å²) >= 11 is 0. The van der Waals surface area contributed by atoms with Gasteiger partial charge in [0, 0.05) is 39.3 Å². The third kappa shape index (κ3) is 4.43. The van der Waals surface area contributed by atoms with Crippen LogP contribution in [0.15, 0.2) is 42.6 Å². The third-order valence-corrected chi connectivity index (χ3v) is 4.17. The van der Waals surface area contributed by atoms with Crippen LogP contribution in [0.3, 0.4) is 0 Å². The minimum atomic E-state index is 0.00873. The van der Waals surface area contributed by atoms with Gasteiger partial charge in [0.1, 0.15) is 0 Å². The predicted octanol–water partition coefficient (Wildman–Crippen LogP) is 1.60. The summed E-state index contributed by atoms with van der Waals surface area (Å²) in [7, 11) is 0. The molecule has 2 heterocycles. The lowest BCUT2D eigenvalue weighted by Gasteiger charge is -2.33. The third-order valence-electron chi connectivity index (χ3n) is 4.17. The molecule has 1 N–H and O–H groups in total. The molecule has 1 unspecified atom stereocenters. The number of nitrogens with zero attached hydrogens (tertiary/aromatic N) is 3. The molecule has 1 atom stereocenters. The zero-order valence-corrected chi connectivity index (χ0v) is 14.0. The second-order valence-corrected chi connectivity index (χ2v) is 6.07. The lowest BCUT2D eigenvalue weighted by molar-refractivity contribution is -0.119. The van der Waals surface area contributed by atoms with E-state index in [0.717, 1.165) is 38.3 Å². The quantitative estimate of drug-likeness (QED) is 0.875. The number of carbonyl (C=O) groups is 1. The molecule has 6 nitrogen and oxygen atoms in total. The van der Waals surface area contributed by atoms with Crippen molar-refractivity contribution >= 4 is 5.91 Å². The van der Waals surface area contributed by atoms with Crippen molar-refractivity contribution < 1.29 is 9.53 Å². The fourth-order valence-corrected chi connectivity index (χ4v) is 2.99. The van der Waals surface area contributed by atoms with Crippen LogP contribution in [-0.2, 0) is 16.1 Å². The number of carbonyl (C=O) groups excluding carboxylic acids is 1. The summed E-state index contributed by atoms with van der Waals surface area (Å²) in [5.41, 5.74) is 2.25. The van der Waals surface area contributed by atoms with Gasteiger partial charge >= 0.3 is 0 Å². The average Bonchev–Trinajstić information content (AvgIpc) is 3.04. The van der Waals surface area contributed by atoms with E-state index in [4.69, 9.17) is 4.74 Å². The van der Waals surface area contributed by atoms with E-state index in [1.165, 1.54) is 5.69 Å². The molecular weight excluding hydrogens is 304 g/mol. The molecule has 3 rings (SSSR count). The highest BCUT2D eigenvalue weighted by Crippen LogP contribution is 2.15. The molecule has 1 aromatic heterocycles. The van der Waals surface area contributed by atoms with Crippen LogP contribution in [0.4, 0.5) is 0 Å². The molecule has 1 fully saturated rings. The molecule has 1 aliphatic heterocycles. The summed E-state index contributed by atoms with van der Waals surface area (Å²) in [6.07, 6.45) is 2.85. The van der Waals surface area contributed by atoms with Crippen LogP contribution in [0, 0.1) is 0 Å². The van der Waals surface area contributed by atoms with E-state index < -0.39 is 0 Å². The monoisotopic (exact) mass is 328 g/mol. The number of hydrogen-bond donors (Lipinski definition) is 1. The van der Waals surface area contributed by atoms with Crippen molar-refractivity contribution in [3.63, 3.8) is 0 Å². The summed E-state index contributed by atoms with van der Waals surface area (Å²) in [5, 5.41) is 7.28. The normalized spacial score (nSPS) is 18.5. The van der Waals surface area contributed by atoms with Gasteiger partial charge in [-0.3, -0.25) is 9.69 Å². The number of benzene rings is 1. The topological polar surface area (TPSA) is 59.4 Å². The number of ether oxygens (including phenoxy) is 1. The molecule has 0 radical (unpaired) electrons. The fourth-order valence-electron chi connectivity index (χ4n) is 2.99. The molecule has 24 heavy (non-hydrogen) atoms. The predicted molar refractivity (Wildman–Crippen MR) is 91.9 cm³/mol. The van der Waals surface area contributed by atoms with Crippen molar-refractivity contribution in [1.29, 1.82) is 0 Å². The van der Waals surface area contributed by atoms with Crippen molar-refractivity contribution in [2.24, 2.45) is 0 Å². The van der Waals surface area contributed by atoms with Gasteiger partial charge in [0.25, 0.3) is 0 Å². The first kappa shape index (κ1) is 16.7. The Labute approximate surface area is 142 Å². The maximum Gasteiger partial charge on any atom is 0.216 e. The van der Waals surface area contributed by atoms with Crippen LogP contribution < -0.4 is 5.32 Å².